The van der Waals surface area contributed by atoms with Crippen LogP contribution in [0.5, 0.6) is 5.75 Å². The number of aryl methyl sites for hydroxylation is 1. The van der Waals surface area contributed by atoms with E-state index in [1.165, 1.54) is 17.7 Å². The molecule has 0 atom stereocenters. The van der Waals surface area contributed by atoms with Crippen LogP contribution in [0.2, 0.25) is 0 Å². The number of nitrogens with zero attached hydrogens (tertiary/aromatic N) is 1. The van der Waals surface area contributed by atoms with E-state index in [9.17, 15) is 0 Å². The molecule has 0 amide bonds. The largest absolute Gasteiger partial charge is 0.491 e. The molecule has 1 aromatic rings. The molecule has 0 radical (unpaired) electrons. The SMILES string of the molecule is CN=C(NCCCCSC)NCc1ccc(C)cc1OC(C)C.I. The molecule has 0 aliphatic carbocycles. The van der Waals surface area contributed by atoms with Crippen molar-refractivity contribution in [3.63, 3.8) is 0 Å². The standard InChI is InChI=1S/C18H31N3OS.HI/c1-14(2)22-17-12-15(3)8-9-16(17)13-21-18(19-4)20-10-6-7-11-23-5;/h8-9,12,14H,6-7,10-11,13H2,1-5H3,(H2,19,20,21);1H. The highest BCUT2D eigenvalue weighted by molar-refractivity contribution is 14.0. The third kappa shape index (κ3) is 9.61. The molecule has 0 bridgehead atoms. The maximum absolute atomic E-state index is 5.91. The zero-order chi connectivity index (χ0) is 17.1. The normalized spacial score (nSPS) is 11.2. The summed E-state index contributed by atoms with van der Waals surface area (Å²) in [6.45, 7) is 7.83. The van der Waals surface area contributed by atoms with Crippen LogP contribution in [0.3, 0.4) is 0 Å². The Labute approximate surface area is 168 Å². The van der Waals surface area contributed by atoms with Crippen LogP contribution in [-0.4, -0.2) is 37.7 Å². The molecule has 4 nitrogen and oxygen atoms in total. The van der Waals surface area contributed by atoms with Crippen LogP contribution in [0.15, 0.2) is 23.2 Å². The predicted molar refractivity (Wildman–Crippen MR) is 118 cm³/mol. The molecule has 0 fully saturated rings. The fourth-order valence-corrected chi connectivity index (χ4v) is 2.64. The van der Waals surface area contributed by atoms with Gasteiger partial charge in [0, 0.05) is 25.7 Å². The third-order valence-electron chi connectivity index (χ3n) is 3.32. The first kappa shape index (κ1) is 23.4. The van der Waals surface area contributed by atoms with E-state index in [2.05, 4.69) is 60.9 Å². The topological polar surface area (TPSA) is 45.7 Å². The van der Waals surface area contributed by atoms with Crippen LogP contribution in [0.4, 0.5) is 0 Å². The van der Waals surface area contributed by atoms with E-state index in [0.29, 0.717) is 6.54 Å². The van der Waals surface area contributed by atoms with E-state index < -0.39 is 0 Å². The van der Waals surface area contributed by atoms with E-state index in [0.717, 1.165) is 30.2 Å². The van der Waals surface area contributed by atoms with Crippen molar-refractivity contribution in [2.45, 2.75) is 46.3 Å². The van der Waals surface area contributed by atoms with Gasteiger partial charge >= 0.3 is 0 Å². The van der Waals surface area contributed by atoms with Crippen LogP contribution in [0.25, 0.3) is 0 Å². The Morgan fingerprint density at radius 2 is 2.00 bits per heavy atom. The second-order valence-corrected chi connectivity index (χ2v) is 6.82. The summed E-state index contributed by atoms with van der Waals surface area (Å²) in [6.07, 6.45) is 4.71. The summed E-state index contributed by atoms with van der Waals surface area (Å²) in [6, 6.07) is 6.32. The van der Waals surface area contributed by atoms with Gasteiger partial charge in [0.05, 0.1) is 6.10 Å². The lowest BCUT2D eigenvalue weighted by atomic mass is 10.1. The van der Waals surface area contributed by atoms with Crippen molar-refractivity contribution < 1.29 is 4.74 Å². The van der Waals surface area contributed by atoms with Gasteiger partial charge in [-0.25, -0.2) is 0 Å². The van der Waals surface area contributed by atoms with Crippen LogP contribution in [0, 0.1) is 6.92 Å². The molecule has 138 valence electrons. The van der Waals surface area contributed by atoms with Crippen LogP contribution in [0.1, 0.15) is 37.8 Å². The van der Waals surface area contributed by atoms with Gasteiger partial charge in [0.1, 0.15) is 5.75 Å². The maximum atomic E-state index is 5.91. The van der Waals surface area contributed by atoms with Crippen molar-refractivity contribution in [2.24, 2.45) is 4.99 Å². The maximum Gasteiger partial charge on any atom is 0.191 e. The van der Waals surface area contributed by atoms with Crippen molar-refractivity contribution in [1.29, 1.82) is 0 Å². The zero-order valence-corrected chi connectivity index (χ0v) is 18.7. The van der Waals surface area contributed by atoms with Gasteiger partial charge in [-0.15, -0.1) is 24.0 Å². The first-order chi connectivity index (χ1) is 11.1. The lowest BCUT2D eigenvalue weighted by Gasteiger charge is -2.17. The number of hydrogen-bond acceptors (Lipinski definition) is 3. The second kappa shape index (κ2) is 13.6. The first-order valence-electron chi connectivity index (χ1n) is 8.26. The molecule has 24 heavy (non-hydrogen) atoms. The number of guanidine groups is 1. The van der Waals surface area contributed by atoms with Gasteiger partial charge < -0.3 is 15.4 Å². The Morgan fingerprint density at radius 1 is 1.25 bits per heavy atom. The molecular formula is C18H32IN3OS. The number of ether oxygens (including phenoxy) is 1. The molecule has 1 aromatic carbocycles. The summed E-state index contributed by atoms with van der Waals surface area (Å²) >= 11 is 1.89. The van der Waals surface area contributed by atoms with Gasteiger partial charge in [0.2, 0.25) is 0 Å². The first-order valence-corrected chi connectivity index (χ1v) is 9.65. The van der Waals surface area contributed by atoms with Gasteiger partial charge in [0.15, 0.2) is 5.96 Å². The van der Waals surface area contributed by atoms with E-state index in [1.54, 1.807) is 7.05 Å². The average Bonchev–Trinajstić information content (AvgIpc) is 2.51. The number of nitrogens with one attached hydrogen (secondary N) is 2. The molecule has 1 rings (SSSR count). The summed E-state index contributed by atoms with van der Waals surface area (Å²) in [5, 5.41) is 6.72. The molecule has 6 heteroatoms. The molecule has 0 spiro atoms. The summed E-state index contributed by atoms with van der Waals surface area (Å²) in [5.41, 5.74) is 2.36. The average molecular weight is 465 g/mol. The third-order valence-corrected chi connectivity index (χ3v) is 4.02. The van der Waals surface area contributed by atoms with Crippen molar-refractivity contribution in [3.8, 4) is 5.75 Å². The van der Waals surface area contributed by atoms with Crippen molar-refractivity contribution in [3.05, 3.63) is 29.3 Å². The fraction of sp³-hybridized carbons (Fsp3) is 0.611. The number of aliphatic imine (C=N–C) groups is 1. The summed E-state index contributed by atoms with van der Waals surface area (Å²) in [5.74, 6) is 3.00. The molecule has 2 N–H and O–H groups in total. The zero-order valence-electron chi connectivity index (χ0n) is 15.5. The van der Waals surface area contributed by atoms with Crippen LogP contribution in [-0.2, 0) is 6.54 Å². The van der Waals surface area contributed by atoms with Gasteiger partial charge in [-0.2, -0.15) is 11.8 Å². The minimum atomic E-state index is 0. The lowest BCUT2D eigenvalue weighted by molar-refractivity contribution is 0.239. The molecule has 0 saturated heterocycles. The highest BCUT2D eigenvalue weighted by Crippen LogP contribution is 2.21. The fourth-order valence-electron chi connectivity index (χ4n) is 2.15. The Kier molecular flexibility index (Phi) is 13.3. The van der Waals surface area contributed by atoms with Crippen LogP contribution < -0.4 is 15.4 Å². The molecule has 0 aliphatic heterocycles. The lowest BCUT2D eigenvalue weighted by Crippen LogP contribution is -2.37. The number of thioether (sulfide) groups is 1. The van der Waals surface area contributed by atoms with Crippen molar-refractivity contribution in [1.82, 2.24) is 10.6 Å². The van der Waals surface area contributed by atoms with Crippen molar-refractivity contribution in [2.75, 3.05) is 25.6 Å². The Bertz CT molecular complexity index is 495. The Balaban J connectivity index is 0.00000529. The summed E-state index contributed by atoms with van der Waals surface area (Å²) < 4.78 is 5.91. The monoisotopic (exact) mass is 465 g/mol. The number of unbranched alkanes of at least 4 members (excludes halogenated alkanes) is 1. The highest BCUT2D eigenvalue weighted by Gasteiger charge is 2.07. The number of rotatable bonds is 9. The van der Waals surface area contributed by atoms with Gasteiger partial charge in [0.25, 0.3) is 0 Å². The predicted octanol–water partition coefficient (Wildman–Crippen LogP) is 4.21. The smallest absolute Gasteiger partial charge is 0.191 e. The number of benzene rings is 1. The Morgan fingerprint density at radius 3 is 2.62 bits per heavy atom. The van der Waals surface area contributed by atoms with E-state index in [-0.39, 0.29) is 30.1 Å². The molecule has 0 aromatic heterocycles. The molecule has 0 aliphatic rings. The molecule has 0 saturated carbocycles. The summed E-state index contributed by atoms with van der Waals surface area (Å²) in [7, 11) is 1.80. The minimum Gasteiger partial charge on any atom is -0.491 e. The summed E-state index contributed by atoms with van der Waals surface area (Å²) in [4.78, 5) is 4.28. The molecule has 0 unspecified atom stereocenters. The molecular weight excluding hydrogens is 433 g/mol. The number of halogens is 1. The Hall–Kier alpha value is -0.630. The van der Waals surface area contributed by atoms with Gasteiger partial charge in [-0.05, 0) is 57.3 Å². The quantitative estimate of drug-likeness (QED) is 0.248. The van der Waals surface area contributed by atoms with Gasteiger partial charge in [-0.3, -0.25) is 4.99 Å². The molecule has 0 heterocycles. The van der Waals surface area contributed by atoms with Crippen molar-refractivity contribution >= 4 is 41.7 Å². The minimum absolute atomic E-state index is 0. The van der Waals surface area contributed by atoms with Gasteiger partial charge in [-0.1, -0.05) is 12.1 Å². The highest BCUT2D eigenvalue weighted by atomic mass is 127. The van der Waals surface area contributed by atoms with E-state index in [1.807, 2.05) is 11.8 Å². The van der Waals surface area contributed by atoms with E-state index >= 15 is 0 Å². The second-order valence-electron chi connectivity index (χ2n) is 5.83. The van der Waals surface area contributed by atoms with E-state index in [4.69, 9.17) is 4.74 Å². The van der Waals surface area contributed by atoms with Crippen LogP contribution >= 0.6 is 35.7 Å². The number of hydrogen-bond donors (Lipinski definition) is 2.